The fourth-order valence-electron chi connectivity index (χ4n) is 2.31. The molecule has 142 valence electrons. The predicted octanol–water partition coefficient (Wildman–Crippen LogP) is 1.83. The molecule has 2 heterocycles. The highest BCUT2D eigenvalue weighted by molar-refractivity contribution is 9.10. The van der Waals surface area contributed by atoms with Crippen molar-refractivity contribution in [3.63, 3.8) is 0 Å². The van der Waals surface area contributed by atoms with E-state index in [0.29, 0.717) is 42.3 Å². The summed E-state index contributed by atoms with van der Waals surface area (Å²) in [6, 6.07) is 4.84. The van der Waals surface area contributed by atoms with Gasteiger partial charge in [-0.3, -0.25) is 10.1 Å². The lowest BCUT2D eigenvalue weighted by molar-refractivity contribution is -0.385. The Morgan fingerprint density at radius 3 is 2.85 bits per heavy atom. The van der Waals surface area contributed by atoms with Gasteiger partial charge in [0.05, 0.1) is 35.9 Å². The number of methoxy groups -OCH3 is 1. The number of hydrazone groups is 1. The van der Waals surface area contributed by atoms with Crippen LogP contribution in [-0.4, -0.2) is 59.5 Å². The molecule has 3 rings (SSSR count). The maximum atomic E-state index is 11.0. The smallest absolute Gasteiger partial charge is 0.322 e. The van der Waals surface area contributed by atoms with E-state index in [1.54, 1.807) is 12.1 Å². The van der Waals surface area contributed by atoms with Gasteiger partial charge in [-0.05, 0) is 22.0 Å². The molecule has 12 heteroatoms. The number of nitro benzene ring substituents is 1. The van der Waals surface area contributed by atoms with Crippen LogP contribution < -0.4 is 15.1 Å². The minimum atomic E-state index is -0.472. The second-order valence-corrected chi connectivity index (χ2v) is 6.24. The highest BCUT2D eigenvalue weighted by atomic mass is 79.9. The summed E-state index contributed by atoms with van der Waals surface area (Å²) in [4.78, 5) is 25.1. The first-order valence-electron chi connectivity index (χ1n) is 7.92. The molecule has 0 aliphatic carbocycles. The summed E-state index contributed by atoms with van der Waals surface area (Å²) in [5.41, 5.74) is 3.20. The Morgan fingerprint density at radius 1 is 1.37 bits per heavy atom. The van der Waals surface area contributed by atoms with E-state index in [-0.39, 0.29) is 17.6 Å². The van der Waals surface area contributed by atoms with Crippen LogP contribution in [0.25, 0.3) is 0 Å². The number of nitrogens with one attached hydrogen (secondary N) is 1. The number of nitrogens with zero attached hydrogens (tertiary/aromatic N) is 6. The van der Waals surface area contributed by atoms with Gasteiger partial charge in [0.2, 0.25) is 5.95 Å². The molecule has 27 heavy (non-hydrogen) atoms. The van der Waals surface area contributed by atoms with E-state index in [1.807, 2.05) is 4.90 Å². The minimum absolute atomic E-state index is 0.0459. The summed E-state index contributed by atoms with van der Waals surface area (Å²) >= 11 is 3.14. The topological polar surface area (TPSA) is 128 Å². The minimum Gasteiger partial charge on any atom is -0.467 e. The third kappa shape index (κ3) is 4.86. The number of ether oxygens (including phenoxy) is 2. The van der Waals surface area contributed by atoms with Crippen molar-refractivity contribution in [1.82, 2.24) is 15.0 Å². The molecule has 0 atom stereocenters. The van der Waals surface area contributed by atoms with Crippen LogP contribution >= 0.6 is 15.9 Å². The van der Waals surface area contributed by atoms with E-state index < -0.39 is 4.92 Å². The van der Waals surface area contributed by atoms with Crippen LogP contribution in [0.2, 0.25) is 0 Å². The van der Waals surface area contributed by atoms with Crippen molar-refractivity contribution in [3.8, 4) is 6.01 Å². The number of hydrogen-bond donors (Lipinski definition) is 1. The van der Waals surface area contributed by atoms with E-state index in [9.17, 15) is 10.1 Å². The largest absolute Gasteiger partial charge is 0.467 e. The molecule has 1 saturated heterocycles. The second kappa shape index (κ2) is 8.68. The summed E-state index contributed by atoms with van der Waals surface area (Å²) in [5, 5.41) is 15.0. The van der Waals surface area contributed by atoms with Crippen molar-refractivity contribution < 1.29 is 14.4 Å². The number of aromatic nitrogens is 3. The van der Waals surface area contributed by atoms with E-state index >= 15 is 0 Å². The predicted molar refractivity (Wildman–Crippen MR) is 101 cm³/mol. The van der Waals surface area contributed by atoms with Crippen molar-refractivity contribution in [1.29, 1.82) is 0 Å². The van der Waals surface area contributed by atoms with Crippen LogP contribution in [0.15, 0.2) is 27.8 Å². The van der Waals surface area contributed by atoms with Gasteiger partial charge in [-0.15, -0.1) is 0 Å². The molecule has 0 spiro atoms. The van der Waals surface area contributed by atoms with Gasteiger partial charge >= 0.3 is 6.01 Å². The van der Waals surface area contributed by atoms with Crippen LogP contribution in [0.3, 0.4) is 0 Å². The summed E-state index contributed by atoms with van der Waals surface area (Å²) in [7, 11) is 1.46. The Hall–Kier alpha value is -2.86. The fourth-order valence-corrected chi connectivity index (χ4v) is 2.70. The Labute approximate surface area is 162 Å². The highest BCUT2D eigenvalue weighted by Gasteiger charge is 2.17. The van der Waals surface area contributed by atoms with Crippen molar-refractivity contribution >= 4 is 39.7 Å². The van der Waals surface area contributed by atoms with Gasteiger partial charge in [-0.2, -0.15) is 20.1 Å². The molecule has 0 saturated carbocycles. The van der Waals surface area contributed by atoms with E-state index in [2.05, 4.69) is 41.4 Å². The SMILES string of the molecule is COc1nc(N/N=C\c2ccc(Br)c([N+](=O)[O-])c2)nc(N2CCOCC2)n1. The Kier molecular flexibility index (Phi) is 6.08. The van der Waals surface area contributed by atoms with Gasteiger partial charge in [0, 0.05) is 24.7 Å². The molecule has 1 N–H and O–H groups in total. The van der Waals surface area contributed by atoms with Crippen LogP contribution in [0.4, 0.5) is 17.6 Å². The average Bonchev–Trinajstić information content (AvgIpc) is 2.69. The molecule has 1 aromatic heterocycles. The molecule has 1 aromatic carbocycles. The molecule has 11 nitrogen and oxygen atoms in total. The molecule has 0 amide bonds. The van der Waals surface area contributed by atoms with E-state index in [1.165, 1.54) is 19.4 Å². The van der Waals surface area contributed by atoms with E-state index in [4.69, 9.17) is 9.47 Å². The Bertz CT molecular complexity index is 858. The lowest BCUT2D eigenvalue weighted by Gasteiger charge is -2.26. The Balaban J connectivity index is 1.76. The fraction of sp³-hybridized carbons (Fsp3) is 0.333. The number of rotatable bonds is 6. The zero-order chi connectivity index (χ0) is 19.2. The van der Waals surface area contributed by atoms with Gasteiger partial charge in [0.25, 0.3) is 11.6 Å². The first-order valence-corrected chi connectivity index (χ1v) is 8.72. The lowest BCUT2D eigenvalue weighted by Crippen LogP contribution is -2.37. The second-order valence-electron chi connectivity index (χ2n) is 5.38. The lowest BCUT2D eigenvalue weighted by atomic mass is 10.2. The van der Waals surface area contributed by atoms with Crippen molar-refractivity contribution in [2.45, 2.75) is 0 Å². The van der Waals surface area contributed by atoms with Crippen molar-refractivity contribution in [3.05, 3.63) is 38.3 Å². The van der Waals surface area contributed by atoms with Crippen LogP contribution in [-0.2, 0) is 4.74 Å². The maximum Gasteiger partial charge on any atom is 0.322 e. The summed E-state index contributed by atoms with van der Waals surface area (Å²) in [6.45, 7) is 2.52. The van der Waals surface area contributed by atoms with Gasteiger partial charge in [0.15, 0.2) is 0 Å². The molecular weight excluding hydrogens is 422 g/mol. The molecule has 1 fully saturated rings. The first kappa shape index (κ1) is 18.9. The third-order valence-electron chi connectivity index (χ3n) is 3.62. The maximum absolute atomic E-state index is 11.0. The standard InChI is InChI=1S/C15H16BrN7O4/c1-26-15-19-13(18-14(20-15)22-4-6-27-7-5-22)21-17-9-10-2-3-11(16)12(8-10)23(24)25/h2-3,8-9H,4-7H2,1H3,(H,18,19,20,21)/b17-9-. The highest BCUT2D eigenvalue weighted by Crippen LogP contribution is 2.25. The Morgan fingerprint density at radius 2 is 2.15 bits per heavy atom. The zero-order valence-electron chi connectivity index (χ0n) is 14.3. The van der Waals surface area contributed by atoms with Crippen molar-refractivity contribution in [2.75, 3.05) is 43.7 Å². The molecular formula is C15H16BrN7O4. The molecule has 0 unspecified atom stereocenters. The van der Waals surface area contributed by atoms with E-state index in [0.717, 1.165) is 0 Å². The quantitative estimate of drug-likeness (QED) is 0.408. The number of benzene rings is 1. The molecule has 1 aliphatic heterocycles. The first-order chi connectivity index (χ1) is 13.1. The molecule has 1 aliphatic rings. The summed E-state index contributed by atoms with van der Waals surface area (Å²) in [5.74, 6) is 0.660. The number of anilines is 2. The van der Waals surface area contributed by atoms with Crippen LogP contribution in [0.1, 0.15) is 5.56 Å². The molecule has 0 radical (unpaired) electrons. The summed E-state index contributed by atoms with van der Waals surface area (Å²) < 4.78 is 10.8. The van der Waals surface area contributed by atoms with Crippen LogP contribution in [0, 0.1) is 10.1 Å². The van der Waals surface area contributed by atoms with Gasteiger partial charge in [0.1, 0.15) is 0 Å². The number of halogens is 1. The normalized spacial score (nSPS) is 14.4. The third-order valence-corrected chi connectivity index (χ3v) is 4.30. The summed E-state index contributed by atoms with van der Waals surface area (Å²) in [6.07, 6.45) is 1.43. The number of hydrogen-bond acceptors (Lipinski definition) is 10. The molecule has 0 bridgehead atoms. The van der Waals surface area contributed by atoms with Gasteiger partial charge in [-0.25, -0.2) is 5.43 Å². The van der Waals surface area contributed by atoms with Gasteiger partial charge < -0.3 is 14.4 Å². The van der Waals surface area contributed by atoms with Gasteiger partial charge in [-0.1, -0.05) is 6.07 Å². The molecule has 2 aromatic rings. The zero-order valence-corrected chi connectivity index (χ0v) is 15.9. The number of morpholine rings is 1. The van der Waals surface area contributed by atoms with Crippen molar-refractivity contribution in [2.24, 2.45) is 5.10 Å². The number of nitro groups is 1. The monoisotopic (exact) mass is 437 g/mol. The average molecular weight is 438 g/mol. The van der Waals surface area contributed by atoms with Crippen LogP contribution in [0.5, 0.6) is 6.01 Å².